The number of carboxylic acid groups (broad SMARTS) is 1. The molecular formula is C13H20N2O2. The Hall–Kier alpha value is -1.42. The minimum Gasteiger partial charge on any atom is -0.477 e. The Balaban J connectivity index is 2.56. The number of carboxylic acids is 1. The van der Waals surface area contributed by atoms with Crippen molar-refractivity contribution >= 4 is 5.97 Å². The minimum atomic E-state index is -0.979. The molecule has 1 rings (SSSR count). The van der Waals surface area contributed by atoms with E-state index in [9.17, 15) is 4.79 Å². The summed E-state index contributed by atoms with van der Waals surface area (Å²) in [5.41, 5.74) is 0.882. The third-order valence-electron chi connectivity index (χ3n) is 2.73. The highest BCUT2D eigenvalue weighted by molar-refractivity contribution is 5.85. The summed E-state index contributed by atoms with van der Waals surface area (Å²) in [5.74, 6) is -0.979. The number of aromatic carboxylic acids is 1. The van der Waals surface area contributed by atoms with Crippen molar-refractivity contribution in [2.75, 3.05) is 0 Å². The van der Waals surface area contributed by atoms with Crippen molar-refractivity contribution in [1.29, 1.82) is 0 Å². The summed E-state index contributed by atoms with van der Waals surface area (Å²) < 4.78 is 0. The van der Waals surface area contributed by atoms with Crippen LogP contribution in [0.1, 0.15) is 49.3 Å². The average molecular weight is 236 g/mol. The second-order valence-electron chi connectivity index (χ2n) is 4.09. The zero-order valence-corrected chi connectivity index (χ0v) is 10.4. The van der Waals surface area contributed by atoms with Gasteiger partial charge in [0.2, 0.25) is 0 Å². The Morgan fingerprint density at radius 3 is 2.82 bits per heavy atom. The Morgan fingerprint density at radius 1 is 1.47 bits per heavy atom. The van der Waals surface area contributed by atoms with E-state index in [1.165, 1.54) is 6.07 Å². The van der Waals surface area contributed by atoms with Gasteiger partial charge in [0.15, 0.2) is 0 Å². The smallest absolute Gasteiger partial charge is 0.354 e. The molecule has 1 atom stereocenters. The summed E-state index contributed by atoms with van der Waals surface area (Å²) >= 11 is 0. The van der Waals surface area contributed by atoms with Crippen molar-refractivity contribution < 1.29 is 9.90 Å². The van der Waals surface area contributed by atoms with Gasteiger partial charge in [0.05, 0.1) is 5.69 Å². The monoisotopic (exact) mass is 236 g/mol. The Kier molecular flexibility index (Phi) is 5.63. The highest BCUT2D eigenvalue weighted by atomic mass is 16.4. The molecule has 0 bridgehead atoms. The first-order valence-electron chi connectivity index (χ1n) is 6.10. The maximum absolute atomic E-state index is 10.8. The van der Waals surface area contributed by atoms with Gasteiger partial charge in [-0.25, -0.2) is 9.78 Å². The molecule has 17 heavy (non-hydrogen) atoms. The second-order valence-corrected chi connectivity index (χ2v) is 4.09. The molecule has 0 saturated carbocycles. The van der Waals surface area contributed by atoms with Crippen molar-refractivity contribution in [3.8, 4) is 0 Å². The maximum atomic E-state index is 10.8. The fourth-order valence-electron chi connectivity index (χ4n) is 1.75. The van der Waals surface area contributed by atoms with Gasteiger partial charge in [0.1, 0.15) is 5.69 Å². The van der Waals surface area contributed by atoms with Gasteiger partial charge in [0, 0.05) is 12.6 Å². The summed E-state index contributed by atoms with van der Waals surface area (Å²) in [7, 11) is 0. The first kappa shape index (κ1) is 13.6. The lowest BCUT2D eigenvalue weighted by atomic mass is 10.1. The van der Waals surface area contributed by atoms with Crippen molar-refractivity contribution in [3.05, 3.63) is 29.6 Å². The van der Waals surface area contributed by atoms with Crippen LogP contribution in [0.5, 0.6) is 0 Å². The first-order valence-corrected chi connectivity index (χ1v) is 6.10. The zero-order valence-electron chi connectivity index (χ0n) is 10.4. The molecule has 1 aromatic heterocycles. The molecule has 4 heteroatoms. The van der Waals surface area contributed by atoms with E-state index in [0.29, 0.717) is 12.6 Å². The molecule has 0 amide bonds. The number of hydrogen-bond donors (Lipinski definition) is 2. The lowest BCUT2D eigenvalue weighted by Gasteiger charge is -2.15. The molecule has 94 valence electrons. The van der Waals surface area contributed by atoms with Crippen molar-refractivity contribution in [2.45, 2.75) is 45.7 Å². The van der Waals surface area contributed by atoms with Gasteiger partial charge in [-0.15, -0.1) is 0 Å². The van der Waals surface area contributed by atoms with Crippen LogP contribution < -0.4 is 5.32 Å². The minimum absolute atomic E-state index is 0.104. The molecule has 2 N–H and O–H groups in total. The lowest BCUT2D eigenvalue weighted by Crippen LogP contribution is -2.28. The number of carbonyl (C=O) groups is 1. The molecule has 0 aromatic carbocycles. The molecule has 0 spiro atoms. The van der Waals surface area contributed by atoms with Gasteiger partial charge < -0.3 is 10.4 Å². The molecule has 0 saturated heterocycles. The average Bonchev–Trinajstić information content (AvgIpc) is 2.34. The zero-order chi connectivity index (χ0) is 12.7. The predicted molar refractivity (Wildman–Crippen MR) is 67.0 cm³/mol. The van der Waals surface area contributed by atoms with Crippen LogP contribution in [-0.4, -0.2) is 22.1 Å². The molecule has 0 aliphatic carbocycles. The van der Waals surface area contributed by atoms with E-state index in [2.05, 4.69) is 24.1 Å². The molecule has 0 aliphatic rings. The van der Waals surface area contributed by atoms with Crippen LogP contribution in [0.25, 0.3) is 0 Å². The van der Waals surface area contributed by atoms with Gasteiger partial charge in [-0.05, 0) is 25.0 Å². The molecule has 0 fully saturated rings. The van der Waals surface area contributed by atoms with Gasteiger partial charge in [-0.3, -0.25) is 0 Å². The molecular weight excluding hydrogens is 216 g/mol. The van der Waals surface area contributed by atoms with Crippen LogP contribution >= 0.6 is 0 Å². The number of aromatic nitrogens is 1. The van der Waals surface area contributed by atoms with Crippen molar-refractivity contribution in [2.24, 2.45) is 0 Å². The summed E-state index contributed by atoms with van der Waals surface area (Å²) in [6.07, 6.45) is 3.36. The molecule has 0 radical (unpaired) electrons. The van der Waals surface area contributed by atoms with Crippen LogP contribution in [0, 0.1) is 0 Å². The SMILES string of the molecule is CCCC(CC)NCc1cccc(C(=O)O)n1. The fraction of sp³-hybridized carbons (Fsp3) is 0.538. The van der Waals surface area contributed by atoms with E-state index in [1.54, 1.807) is 6.07 Å². The number of hydrogen-bond acceptors (Lipinski definition) is 3. The number of nitrogens with zero attached hydrogens (tertiary/aromatic N) is 1. The lowest BCUT2D eigenvalue weighted by molar-refractivity contribution is 0.0690. The maximum Gasteiger partial charge on any atom is 0.354 e. The van der Waals surface area contributed by atoms with Gasteiger partial charge >= 0.3 is 5.97 Å². The quantitative estimate of drug-likeness (QED) is 0.763. The van der Waals surface area contributed by atoms with E-state index in [4.69, 9.17) is 5.11 Å². The molecule has 1 unspecified atom stereocenters. The third-order valence-corrected chi connectivity index (χ3v) is 2.73. The van der Waals surface area contributed by atoms with E-state index >= 15 is 0 Å². The van der Waals surface area contributed by atoms with Crippen LogP contribution in [0.15, 0.2) is 18.2 Å². The van der Waals surface area contributed by atoms with Crippen molar-refractivity contribution in [3.63, 3.8) is 0 Å². The van der Waals surface area contributed by atoms with Gasteiger partial charge in [-0.1, -0.05) is 26.3 Å². The molecule has 4 nitrogen and oxygen atoms in total. The second kappa shape index (κ2) is 7.01. The van der Waals surface area contributed by atoms with Crippen molar-refractivity contribution in [1.82, 2.24) is 10.3 Å². The summed E-state index contributed by atoms with van der Waals surface area (Å²) in [6, 6.07) is 5.57. The number of nitrogens with one attached hydrogen (secondary N) is 1. The third kappa shape index (κ3) is 4.53. The molecule has 1 aromatic rings. The van der Waals surface area contributed by atoms with Gasteiger partial charge in [-0.2, -0.15) is 0 Å². The molecule has 1 heterocycles. The largest absolute Gasteiger partial charge is 0.477 e. The van der Waals surface area contributed by atoms with E-state index in [-0.39, 0.29) is 5.69 Å². The standard InChI is InChI=1S/C13H20N2O2/c1-3-6-10(4-2)14-9-11-7-5-8-12(15-11)13(16)17/h5,7-8,10,14H,3-4,6,9H2,1-2H3,(H,16,17). The summed E-state index contributed by atoms with van der Waals surface area (Å²) in [5, 5.41) is 12.2. The normalized spacial score (nSPS) is 12.4. The first-order chi connectivity index (χ1) is 8.17. The van der Waals surface area contributed by atoms with Gasteiger partial charge in [0.25, 0.3) is 0 Å². The predicted octanol–water partition coefficient (Wildman–Crippen LogP) is 2.45. The highest BCUT2D eigenvalue weighted by Crippen LogP contribution is 2.04. The Bertz CT molecular complexity index is 366. The van der Waals surface area contributed by atoms with E-state index < -0.39 is 5.97 Å². The number of rotatable bonds is 7. The Labute approximate surface area is 102 Å². The topological polar surface area (TPSA) is 62.2 Å². The fourth-order valence-corrected chi connectivity index (χ4v) is 1.75. The molecule has 0 aliphatic heterocycles. The van der Waals surface area contributed by atoms with E-state index in [1.807, 2.05) is 6.07 Å². The van der Waals surface area contributed by atoms with Crippen LogP contribution in [0.2, 0.25) is 0 Å². The summed E-state index contributed by atoms with van der Waals surface area (Å²) in [4.78, 5) is 14.8. The number of pyridine rings is 1. The van der Waals surface area contributed by atoms with Crippen LogP contribution in [-0.2, 0) is 6.54 Å². The summed E-state index contributed by atoms with van der Waals surface area (Å²) in [6.45, 7) is 4.93. The van der Waals surface area contributed by atoms with Crippen LogP contribution in [0.3, 0.4) is 0 Å². The van der Waals surface area contributed by atoms with E-state index in [0.717, 1.165) is 25.0 Å². The highest BCUT2D eigenvalue weighted by Gasteiger charge is 2.07. The van der Waals surface area contributed by atoms with Crippen LogP contribution in [0.4, 0.5) is 0 Å². The Morgan fingerprint density at radius 2 is 2.24 bits per heavy atom.